The molecular formula is C15H21N4O2+. The lowest BCUT2D eigenvalue weighted by Gasteiger charge is -2.12. The van der Waals surface area contributed by atoms with Gasteiger partial charge in [0.25, 0.3) is 0 Å². The first kappa shape index (κ1) is 14.9. The number of benzene rings is 1. The third-order valence-corrected chi connectivity index (χ3v) is 2.96. The van der Waals surface area contributed by atoms with Crippen molar-refractivity contribution in [2.75, 3.05) is 17.7 Å². The van der Waals surface area contributed by atoms with E-state index in [2.05, 4.69) is 9.88 Å². The van der Waals surface area contributed by atoms with Crippen molar-refractivity contribution < 1.29 is 14.1 Å². The zero-order chi connectivity index (χ0) is 15.2. The molecule has 0 radical (unpaired) electrons. The summed E-state index contributed by atoms with van der Waals surface area (Å²) in [6.45, 7) is 2.89. The zero-order valence-electron chi connectivity index (χ0n) is 12.4. The van der Waals surface area contributed by atoms with Crippen LogP contribution in [0.25, 0.3) is 0 Å². The summed E-state index contributed by atoms with van der Waals surface area (Å²) in [5.74, 6) is 0.465. The van der Waals surface area contributed by atoms with Gasteiger partial charge in [0.1, 0.15) is 18.1 Å². The number of ether oxygens (including phenoxy) is 1. The third kappa shape index (κ3) is 4.52. The van der Waals surface area contributed by atoms with Gasteiger partial charge in [-0.15, -0.1) is 0 Å². The van der Waals surface area contributed by atoms with E-state index in [1.807, 2.05) is 30.3 Å². The van der Waals surface area contributed by atoms with Gasteiger partial charge in [-0.1, -0.05) is 0 Å². The van der Waals surface area contributed by atoms with Gasteiger partial charge in [0.15, 0.2) is 0 Å². The summed E-state index contributed by atoms with van der Waals surface area (Å²) in [7, 11) is 1.99. The quantitative estimate of drug-likeness (QED) is 0.478. The van der Waals surface area contributed by atoms with Crippen LogP contribution in [0.4, 0.5) is 11.4 Å². The molecule has 0 saturated heterocycles. The largest absolute Gasteiger partial charge is 0.491 e. The van der Waals surface area contributed by atoms with Crippen LogP contribution in [0, 0.1) is 0 Å². The van der Waals surface area contributed by atoms with Crippen LogP contribution < -0.4 is 20.4 Å². The van der Waals surface area contributed by atoms with E-state index in [1.165, 1.54) is 6.92 Å². The molecule has 6 heteroatoms. The van der Waals surface area contributed by atoms with Crippen molar-refractivity contribution in [3.8, 4) is 5.75 Å². The first-order valence-corrected chi connectivity index (χ1v) is 6.85. The van der Waals surface area contributed by atoms with Gasteiger partial charge in [-0.05, 0) is 12.1 Å². The second kappa shape index (κ2) is 6.78. The number of rotatable bonds is 6. The Balaban J connectivity index is 1.89. The molecular weight excluding hydrogens is 268 g/mol. The lowest BCUT2D eigenvalue weighted by Crippen LogP contribution is -2.31. The van der Waals surface area contributed by atoms with E-state index >= 15 is 0 Å². The highest BCUT2D eigenvalue weighted by Gasteiger charge is 2.06. The lowest BCUT2D eigenvalue weighted by atomic mass is 10.2. The number of imidazole rings is 1. The lowest BCUT2D eigenvalue weighted by molar-refractivity contribution is -0.696. The van der Waals surface area contributed by atoms with Crippen LogP contribution in [0.1, 0.15) is 13.3 Å². The molecule has 0 spiro atoms. The highest BCUT2D eigenvalue weighted by Crippen LogP contribution is 2.27. The Hall–Kier alpha value is -2.50. The molecule has 0 aliphatic carbocycles. The smallest absolute Gasteiger partial charge is 0.243 e. The monoisotopic (exact) mass is 289 g/mol. The third-order valence-electron chi connectivity index (χ3n) is 2.96. The van der Waals surface area contributed by atoms with Gasteiger partial charge in [-0.25, -0.2) is 9.13 Å². The van der Waals surface area contributed by atoms with Crippen molar-refractivity contribution in [3.05, 3.63) is 36.9 Å². The predicted molar refractivity (Wildman–Crippen MR) is 80.9 cm³/mol. The Morgan fingerprint density at radius 3 is 2.95 bits per heavy atom. The number of nitrogens with one attached hydrogen (secondary N) is 1. The Kier molecular flexibility index (Phi) is 4.81. The molecule has 1 aromatic carbocycles. The SMILES string of the molecule is CC(=O)Nc1ccc(N)cc1OCCC[n+]1ccn(C)c1. The summed E-state index contributed by atoms with van der Waals surface area (Å²) in [5, 5.41) is 2.73. The van der Waals surface area contributed by atoms with Gasteiger partial charge in [-0.2, -0.15) is 0 Å². The molecule has 6 nitrogen and oxygen atoms in total. The Labute approximate surface area is 124 Å². The predicted octanol–water partition coefficient (Wildman–Crippen LogP) is 1.32. The fourth-order valence-electron chi connectivity index (χ4n) is 2.01. The van der Waals surface area contributed by atoms with E-state index in [9.17, 15) is 4.79 Å². The van der Waals surface area contributed by atoms with Crippen molar-refractivity contribution in [3.63, 3.8) is 0 Å². The second-order valence-corrected chi connectivity index (χ2v) is 4.96. The van der Waals surface area contributed by atoms with Gasteiger partial charge in [0, 0.05) is 25.1 Å². The molecule has 1 heterocycles. The average Bonchev–Trinajstić information content (AvgIpc) is 2.83. The number of aromatic nitrogens is 2. The number of hydrogen-bond donors (Lipinski definition) is 2. The van der Waals surface area contributed by atoms with E-state index in [0.717, 1.165) is 13.0 Å². The molecule has 0 fully saturated rings. The number of anilines is 2. The fourth-order valence-corrected chi connectivity index (χ4v) is 2.01. The van der Waals surface area contributed by atoms with Gasteiger partial charge in [0.05, 0.1) is 25.9 Å². The van der Waals surface area contributed by atoms with E-state index in [0.29, 0.717) is 23.7 Å². The van der Waals surface area contributed by atoms with Crippen LogP contribution in [-0.2, 0) is 18.4 Å². The number of carbonyl (C=O) groups is 1. The first-order valence-electron chi connectivity index (χ1n) is 6.85. The summed E-state index contributed by atoms with van der Waals surface area (Å²) in [6, 6.07) is 5.21. The summed E-state index contributed by atoms with van der Waals surface area (Å²) in [5.41, 5.74) is 7.01. The van der Waals surface area contributed by atoms with Gasteiger partial charge >= 0.3 is 0 Å². The van der Waals surface area contributed by atoms with Crippen molar-refractivity contribution in [2.24, 2.45) is 7.05 Å². The van der Waals surface area contributed by atoms with E-state index in [-0.39, 0.29) is 5.91 Å². The highest BCUT2D eigenvalue weighted by atomic mass is 16.5. The molecule has 0 aliphatic heterocycles. The summed E-state index contributed by atoms with van der Waals surface area (Å²) < 4.78 is 9.82. The average molecular weight is 289 g/mol. The van der Waals surface area contributed by atoms with Gasteiger partial charge in [0.2, 0.25) is 12.2 Å². The number of aryl methyl sites for hydroxylation is 2. The van der Waals surface area contributed by atoms with Crippen LogP contribution >= 0.6 is 0 Å². The zero-order valence-corrected chi connectivity index (χ0v) is 12.4. The Bertz CT molecular complexity index is 622. The van der Waals surface area contributed by atoms with Gasteiger partial charge in [-0.3, -0.25) is 4.79 Å². The summed E-state index contributed by atoms with van der Waals surface area (Å²) in [6.07, 6.45) is 6.89. The number of amides is 1. The first-order chi connectivity index (χ1) is 10.0. The number of carbonyl (C=O) groups excluding carboxylic acids is 1. The normalized spacial score (nSPS) is 10.4. The molecule has 0 bridgehead atoms. The van der Waals surface area contributed by atoms with Crippen molar-refractivity contribution in [1.29, 1.82) is 0 Å². The second-order valence-electron chi connectivity index (χ2n) is 4.96. The van der Waals surface area contributed by atoms with Crippen molar-refractivity contribution in [1.82, 2.24) is 4.57 Å². The molecule has 0 atom stereocenters. The van der Waals surface area contributed by atoms with Crippen LogP contribution in [0.15, 0.2) is 36.9 Å². The maximum Gasteiger partial charge on any atom is 0.243 e. The van der Waals surface area contributed by atoms with Crippen LogP contribution in [0.2, 0.25) is 0 Å². The minimum Gasteiger partial charge on any atom is -0.491 e. The van der Waals surface area contributed by atoms with Crippen LogP contribution in [0.5, 0.6) is 5.75 Å². The molecule has 0 aliphatic rings. The molecule has 1 amide bonds. The van der Waals surface area contributed by atoms with E-state index < -0.39 is 0 Å². The number of nitrogens with zero attached hydrogens (tertiary/aromatic N) is 2. The maximum atomic E-state index is 11.2. The standard InChI is InChI=1S/C15H20N4O2/c1-12(20)17-14-5-4-13(16)10-15(14)21-9-3-6-19-8-7-18(2)11-19/h4-5,7-8,10-11H,3,6,9,16H2,1-2H3/p+1. The summed E-state index contributed by atoms with van der Waals surface area (Å²) in [4.78, 5) is 11.2. The molecule has 2 aromatic rings. The minimum absolute atomic E-state index is 0.135. The maximum absolute atomic E-state index is 11.2. The molecule has 1 aromatic heterocycles. The van der Waals surface area contributed by atoms with Crippen LogP contribution in [-0.4, -0.2) is 17.1 Å². The minimum atomic E-state index is -0.135. The number of nitrogens with two attached hydrogens (primary N) is 1. The van der Waals surface area contributed by atoms with E-state index in [1.54, 1.807) is 18.2 Å². The number of hydrogen-bond acceptors (Lipinski definition) is 3. The molecule has 0 saturated carbocycles. The topological polar surface area (TPSA) is 73.2 Å². The Morgan fingerprint density at radius 1 is 1.48 bits per heavy atom. The number of nitrogen functional groups attached to an aromatic ring is 1. The highest BCUT2D eigenvalue weighted by molar-refractivity contribution is 5.90. The molecule has 0 unspecified atom stereocenters. The fraction of sp³-hybridized carbons (Fsp3) is 0.333. The molecule has 2 rings (SSSR count). The van der Waals surface area contributed by atoms with Crippen molar-refractivity contribution in [2.45, 2.75) is 19.9 Å². The molecule has 21 heavy (non-hydrogen) atoms. The summed E-state index contributed by atoms with van der Waals surface area (Å²) >= 11 is 0. The van der Waals surface area contributed by atoms with Crippen molar-refractivity contribution >= 4 is 17.3 Å². The molecule has 3 N–H and O–H groups in total. The van der Waals surface area contributed by atoms with E-state index in [4.69, 9.17) is 10.5 Å². The Morgan fingerprint density at radius 2 is 2.29 bits per heavy atom. The van der Waals surface area contributed by atoms with Gasteiger partial charge < -0.3 is 15.8 Å². The molecule has 112 valence electrons. The van der Waals surface area contributed by atoms with Crippen LogP contribution in [0.3, 0.4) is 0 Å².